The number of nitrogens with zero attached hydrogens (tertiary/aromatic N) is 2. The molecule has 2 aromatic rings. The van der Waals surface area contributed by atoms with E-state index in [9.17, 15) is 4.39 Å². The van der Waals surface area contributed by atoms with Crippen molar-refractivity contribution in [3.63, 3.8) is 0 Å². The number of anilines is 2. The van der Waals surface area contributed by atoms with Crippen molar-refractivity contribution >= 4 is 17.3 Å². The Kier molecular flexibility index (Phi) is 6.22. The Balaban J connectivity index is 1.96. The van der Waals surface area contributed by atoms with Crippen LogP contribution >= 0.6 is 0 Å². The van der Waals surface area contributed by atoms with Crippen molar-refractivity contribution in [1.82, 2.24) is 0 Å². The number of nitrogens with one attached hydrogen (secondary N) is 1. The first-order valence-electron chi connectivity index (χ1n) is 8.14. The quantitative estimate of drug-likeness (QED) is 0.621. The average Bonchev–Trinajstić information content (AvgIpc) is 2.54. The maximum absolute atomic E-state index is 14.0. The molecule has 0 aromatic heterocycles. The minimum Gasteiger partial charge on any atom is -0.491 e. The summed E-state index contributed by atoms with van der Waals surface area (Å²) in [6.45, 7) is 4.26. The summed E-state index contributed by atoms with van der Waals surface area (Å²) in [5.74, 6) is 0.798. The molecule has 0 radical (unpaired) electrons. The Morgan fingerprint density at radius 2 is 1.88 bits per heavy atom. The van der Waals surface area contributed by atoms with Crippen molar-refractivity contribution in [2.45, 2.75) is 26.5 Å². The average molecular weight is 344 g/mol. The van der Waals surface area contributed by atoms with Gasteiger partial charge in [-0.2, -0.15) is 0 Å². The Hall–Kier alpha value is -2.76. The molecule has 0 aliphatic rings. The van der Waals surface area contributed by atoms with Gasteiger partial charge in [-0.25, -0.2) is 9.38 Å². The molecule has 25 heavy (non-hydrogen) atoms. The largest absolute Gasteiger partial charge is 0.491 e. The minimum atomic E-state index is -0.273. The van der Waals surface area contributed by atoms with Crippen molar-refractivity contribution in [2.24, 2.45) is 10.7 Å². The lowest BCUT2D eigenvalue weighted by molar-refractivity contribution is 0.242. The first-order chi connectivity index (χ1) is 11.8. The van der Waals surface area contributed by atoms with E-state index in [4.69, 9.17) is 10.5 Å². The fraction of sp³-hybridized carbons (Fsp3) is 0.316. The molecule has 2 rings (SSSR count). The van der Waals surface area contributed by atoms with Crippen molar-refractivity contribution < 1.29 is 9.13 Å². The fourth-order valence-corrected chi connectivity index (χ4v) is 2.26. The van der Waals surface area contributed by atoms with Gasteiger partial charge in [0, 0.05) is 19.8 Å². The Labute approximate surface area is 148 Å². The molecule has 0 unspecified atom stereocenters. The molecule has 0 aliphatic heterocycles. The van der Waals surface area contributed by atoms with Gasteiger partial charge < -0.3 is 20.7 Å². The van der Waals surface area contributed by atoms with E-state index < -0.39 is 0 Å². The number of rotatable bonds is 6. The predicted octanol–water partition coefficient (Wildman–Crippen LogP) is 3.61. The van der Waals surface area contributed by atoms with Crippen LogP contribution in [0.1, 0.15) is 19.4 Å². The summed E-state index contributed by atoms with van der Waals surface area (Å²) < 4.78 is 19.5. The Morgan fingerprint density at radius 3 is 2.44 bits per heavy atom. The highest BCUT2D eigenvalue weighted by molar-refractivity contribution is 5.92. The Bertz CT molecular complexity index is 727. The molecule has 0 saturated heterocycles. The third-order valence-electron chi connectivity index (χ3n) is 3.42. The van der Waals surface area contributed by atoms with Crippen molar-refractivity contribution in [2.75, 3.05) is 24.3 Å². The van der Waals surface area contributed by atoms with Crippen LogP contribution in [0.25, 0.3) is 0 Å². The van der Waals surface area contributed by atoms with Crippen LogP contribution in [0.15, 0.2) is 47.5 Å². The molecule has 0 saturated carbocycles. The van der Waals surface area contributed by atoms with Gasteiger partial charge in [0.25, 0.3) is 0 Å². The molecule has 0 heterocycles. The van der Waals surface area contributed by atoms with Gasteiger partial charge in [0.15, 0.2) is 5.96 Å². The van der Waals surface area contributed by atoms with E-state index in [0.29, 0.717) is 12.2 Å². The van der Waals surface area contributed by atoms with Gasteiger partial charge in [-0.05, 0) is 55.8 Å². The van der Waals surface area contributed by atoms with Crippen LogP contribution in [0, 0.1) is 5.82 Å². The Morgan fingerprint density at radius 1 is 1.20 bits per heavy atom. The summed E-state index contributed by atoms with van der Waals surface area (Å²) in [6.07, 6.45) is 0.129. The smallest absolute Gasteiger partial charge is 0.193 e. The fourth-order valence-electron chi connectivity index (χ4n) is 2.26. The summed E-state index contributed by atoms with van der Waals surface area (Å²) in [6, 6.07) is 12.5. The van der Waals surface area contributed by atoms with Crippen LogP contribution in [0.2, 0.25) is 0 Å². The lowest BCUT2D eigenvalue weighted by atomic mass is 10.2. The summed E-state index contributed by atoms with van der Waals surface area (Å²) in [5.41, 5.74) is 8.01. The molecule has 0 aliphatic carbocycles. The molecule has 0 atom stereocenters. The maximum atomic E-state index is 14.0. The van der Waals surface area contributed by atoms with E-state index >= 15 is 0 Å². The van der Waals surface area contributed by atoms with E-state index in [1.165, 1.54) is 6.07 Å². The third-order valence-corrected chi connectivity index (χ3v) is 3.42. The number of nitrogens with two attached hydrogens (primary N) is 1. The second kappa shape index (κ2) is 8.37. The van der Waals surface area contributed by atoms with Crippen LogP contribution in [-0.4, -0.2) is 26.2 Å². The van der Waals surface area contributed by atoms with E-state index in [0.717, 1.165) is 17.0 Å². The predicted molar refractivity (Wildman–Crippen MR) is 102 cm³/mol. The zero-order valence-corrected chi connectivity index (χ0v) is 15.1. The van der Waals surface area contributed by atoms with Crippen LogP contribution in [-0.2, 0) is 6.54 Å². The molecule has 134 valence electrons. The molecule has 0 bridgehead atoms. The highest BCUT2D eigenvalue weighted by Gasteiger charge is 2.05. The van der Waals surface area contributed by atoms with E-state index in [2.05, 4.69) is 10.3 Å². The molecular weight excluding hydrogens is 319 g/mol. The zero-order chi connectivity index (χ0) is 18.4. The van der Waals surface area contributed by atoms with Gasteiger partial charge in [-0.15, -0.1) is 0 Å². The molecule has 0 spiro atoms. The molecule has 6 heteroatoms. The molecule has 5 nitrogen and oxygen atoms in total. The minimum absolute atomic E-state index is 0.129. The topological polar surface area (TPSA) is 62.9 Å². The number of hydrogen-bond donors (Lipinski definition) is 2. The van der Waals surface area contributed by atoms with Gasteiger partial charge >= 0.3 is 0 Å². The summed E-state index contributed by atoms with van der Waals surface area (Å²) in [7, 11) is 3.60. The van der Waals surface area contributed by atoms with Crippen LogP contribution in [0.4, 0.5) is 15.8 Å². The van der Waals surface area contributed by atoms with Gasteiger partial charge in [-0.3, -0.25) is 0 Å². The van der Waals surface area contributed by atoms with Crippen molar-refractivity contribution in [1.29, 1.82) is 0 Å². The molecule has 3 N–H and O–H groups in total. The molecule has 2 aromatic carbocycles. The molecular formula is C19H25FN4O. The molecule has 0 fully saturated rings. The van der Waals surface area contributed by atoms with E-state index in [1.54, 1.807) is 25.1 Å². The van der Waals surface area contributed by atoms with Crippen LogP contribution in [0.5, 0.6) is 5.75 Å². The van der Waals surface area contributed by atoms with Gasteiger partial charge in [0.05, 0.1) is 18.3 Å². The SMILES string of the molecule is CC(C)Oc1ccc(NC(N)=NCc2ccc(N(C)C)c(F)c2)cc1. The second-order valence-electron chi connectivity index (χ2n) is 6.20. The van der Waals surface area contributed by atoms with Crippen molar-refractivity contribution in [3.05, 3.63) is 53.8 Å². The normalized spacial score (nSPS) is 11.5. The number of benzene rings is 2. The van der Waals surface area contributed by atoms with Crippen molar-refractivity contribution in [3.8, 4) is 5.75 Å². The maximum Gasteiger partial charge on any atom is 0.193 e. The summed E-state index contributed by atoms with van der Waals surface area (Å²) >= 11 is 0. The number of aliphatic imine (C=N–C) groups is 1. The van der Waals surface area contributed by atoms with Gasteiger partial charge in [0.1, 0.15) is 11.6 Å². The number of ether oxygens (including phenoxy) is 1. The standard InChI is InChI=1S/C19H25FN4O/c1-13(2)25-16-8-6-15(7-9-16)23-19(21)22-12-14-5-10-18(24(3)4)17(20)11-14/h5-11,13H,12H2,1-4H3,(H3,21,22,23). The lowest BCUT2D eigenvalue weighted by Gasteiger charge is -2.14. The highest BCUT2D eigenvalue weighted by atomic mass is 19.1. The van der Waals surface area contributed by atoms with Gasteiger partial charge in [-0.1, -0.05) is 6.07 Å². The van der Waals surface area contributed by atoms with E-state index in [-0.39, 0.29) is 17.9 Å². The monoisotopic (exact) mass is 344 g/mol. The summed E-state index contributed by atoms with van der Waals surface area (Å²) in [5, 5.41) is 3.01. The first kappa shape index (κ1) is 18.6. The third kappa shape index (κ3) is 5.67. The van der Waals surface area contributed by atoms with Gasteiger partial charge in [0.2, 0.25) is 0 Å². The van der Waals surface area contributed by atoms with E-state index in [1.807, 2.05) is 44.2 Å². The number of halogens is 1. The first-order valence-corrected chi connectivity index (χ1v) is 8.14. The molecule has 0 amide bonds. The second-order valence-corrected chi connectivity index (χ2v) is 6.20. The zero-order valence-electron chi connectivity index (χ0n) is 15.1. The summed E-state index contributed by atoms with van der Waals surface area (Å²) in [4.78, 5) is 5.98. The van der Waals surface area contributed by atoms with Crippen LogP contribution < -0.4 is 20.7 Å². The van der Waals surface area contributed by atoms with Crippen LogP contribution in [0.3, 0.4) is 0 Å². The number of hydrogen-bond acceptors (Lipinski definition) is 3. The lowest BCUT2D eigenvalue weighted by Crippen LogP contribution is -2.22. The number of guanidine groups is 1. The highest BCUT2D eigenvalue weighted by Crippen LogP contribution is 2.19.